The highest BCUT2D eigenvalue weighted by Crippen LogP contribution is 2.18. The van der Waals surface area contributed by atoms with Crippen LogP contribution in [0.25, 0.3) is 10.9 Å². The van der Waals surface area contributed by atoms with Gasteiger partial charge in [-0.05, 0) is 18.2 Å². The van der Waals surface area contributed by atoms with Crippen LogP contribution in [0.4, 0.5) is 5.95 Å². The van der Waals surface area contributed by atoms with Crippen LogP contribution in [0.5, 0.6) is 5.75 Å². The first-order valence-corrected chi connectivity index (χ1v) is 4.32. The third kappa shape index (κ3) is 1.46. The minimum Gasteiger partial charge on any atom is -0.497 e. The van der Waals surface area contributed by atoms with Crippen molar-refractivity contribution in [3.05, 3.63) is 24.4 Å². The number of benzene rings is 1. The van der Waals surface area contributed by atoms with Gasteiger partial charge in [-0.3, -0.25) is 0 Å². The average Bonchev–Trinajstić information content (AvgIpc) is 2.27. The minimum atomic E-state index is 0.627. The summed E-state index contributed by atoms with van der Waals surface area (Å²) in [5.41, 5.74) is 0.908. The monoisotopic (exact) mass is 189 g/mol. The molecule has 0 unspecified atom stereocenters. The van der Waals surface area contributed by atoms with E-state index in [2.05, 4.69) is 15.3 Å². The summed E-state index contributed by atoms with van der Waals surface area (Å²) in [4.78, 5) is 8.41. The number of aromatic nitrogens is 2. The molecule has 1 N–H and O–H groups in total. The highest BCUT2D eigenvalue weighted by Gasteiger charge is 1.99. The summed E-state index contributed by atoms with van der Waals surface area (Å²) in [6.45, 7) is 0. The van der Waals surface area contributed by atoms with Crippen molar-refractivity contribution < 1.29 is 4.74 Å². The van der Waals surface area contributed by atoms with Crippen molar-refractivity contribution in [1.82, 2.24) is 9.97 Å². The second kappa shape index (κ2) is 3.49. The molecule has 1 aromatic carbocycles. The Labute approximate surface area is 81.9 Å². The molecular formula is C10H11N3O. The molecule has 0 aliphatic heterocycles. The average molecular weight is 189 g/mol. The Morgan fingerprint density at radius 2 is 2.21 bits per heavy atom. The SMILES string of the molecule is CNc1ncc2cc(OC)ccc2n1. The molecule has 4 heteroatoms. The molecule has 0 bridgehead atoms. The highest BCUT2D eigenvalue weighted by molar-refractivity contribution is 5.80. The van der Waals surface area contributed by atoms with Gasteiger partial charge in [-0.2, -0.15) is 0 Å². The van der Waals surface area contributed by atoms with E-state index in [0.717, 1.165) is 16.7 Å². The summed E-state index contributed by atoms with van der Waals surface area (Å²) in [5.74, 6) is 1.45. The number of hydrogen-bond acceptors (Lipinski definition) is 4. The Bertz CT molecular complexity index is 413. The van der Waals surface area contributed by atoms with E-state index in [1.54, 1.807) is 20.4 Å². The van der Waals surface area contributed by atoms with Crippen molar-refractivity contribution in [2.75, 3.05) is 19.5 Å². The predicted octanol–water partition coefficient (Wildman–Crippen LogP) is 1.68. The molecule has 1 aromatic heterocycles. The zero-order valence-electron chi connectivity index (χ0n) is 8.11. The summed E-state index contributed by atoms with van der Waals surface area (Å²) >= 11 is 0. The topological polar surface area (TPSA) is 47.0 Å². The largest absolute Gasteiger partial charge is 0.497 e. The molecule has 0 atom stereocenters. The fraction of sp³-hybridized carbons (Fsp3) is 0.200. The Morgan fingerprint density at radius 3 is 2.93 bits per heavy atom. The van der Waals surface area contributed by atoms with Gasteiger partial charge in [0.25, 0.3) is 0 Å². The molecule has 0 saturated heterocycles. The maximum atomic E-state index is 5.11. The van der Waals surface area contributed by atoms with Crippen LogP contribution >= 0.6 is 0 Å². The lowest BCUT2D eigenvalue weighted by molar-refractivity contribution is 0.415. The smallest absolute Gasteiger partial charge is 0.222 e. The molecule has 4 nitrogen and oxygen atoms in total. The quantitative estimate of drug-likeness (QED) is 0.780. The third-order valence-corrected chi connectivity index (χ3v) is 2.01. The molecule has 0 aliphatic carbocycles. The maximum Gasteiger partial charge on any atom is 0.222 e. The van der Waals surface area contributed by atoms with E-state index in [0.29, 0.717) is 5.95 Å². The zero-order chi connectivity index (χ0) is 9.97. The van der Waals surface area contributed by atoms with Crippen LogP contribution < -0.4 is 10.1 Å². The molecule has 14 heavy (non-hydrogen) atoms. The molecule has 1 heterocycles. The van der Waals surface area contributed by atoms with Gasteiger partial charge in [-0.15, -0.1) is 0 Å². The number of fused-ring (bicyclic) bond motifs is 1. The maximum absolute atomic E-state index is 5.11. The minimum absolute atomic E-state index is 0.627. The summed E-state index contributed by atoms with van der Waals surface area (Å²) in [6.07, 6.45) is 1.77. The van der Waals surface area contributed by atoms with Crippen LogP contribution in [0.15, 0.2) is 24.4 Å². The van der Waals surface area contributed by atoms with E-state index in [1.807, 2.05) is 18.2 Å². The molecule has 0 fully saturated rings. The summed E-state index contributed by atoms with van der Waals surface area (Å²) in [6, 6.07) is 5.71. The number of nitrogens with zero attached hydrogens (tertiary/aromatic N) is 2. The second-order valence-electron chi connectivity index (χ2n) is 2.87. The number of nitrogens with one attached hydrogen (secondary N) is 1. The number of methoxy groups -OCH3 is 1. The first-order valence-electron chi connectivity index (χ1n) is 4.32. The predicted molar refractivity (Wildman–Crippen MR) is 55.6 cm³/mol. The number of ether oxygens (including phenoxy) is 1. The van der Waals surface area contributed by atoms with E-state index in [1.165, 1.54) is 0 Å². The van der Waals surface area contributed by atoms with Crippen molar-refractivity contribution in [1.29, 1.82) is 0 Å². The normalized spacial score (nSPS) is 10.1. The first-order chi connectivity index (χ1) is 6.83. The van der Waals surface area contributed by atoms with E-state index < -0.39 is 0 Å². The van der Waals surface area contributed by atoms with Crippen LogP contribution in [0, 0.1) is 0 Å². The van der Waals surface area contributed by atoms with E-state index in [9.17, 15) is 0 Å². The van der Waals surface area contributed by atoms with Gasteiger partial charge in [0.1, 0.15) is 5.75 Å². The van der Waals surface area contributed by atoms with Gasteiger partial charge in [-0.25, -0.2) is 9.97 Å². The highest BCUT2D eigenvalue weighted by atomic mass is 16.5. The van der Waals surface area contributed by atoms with Gasteiger partial charge >= 0.3 is 0 Å². The first kappa shape index (κ1) is 8.74. The molecule has 0 spiro atoms. The Morgan fingerprint density at radius 1 is 1.36 bits per heavy atom. The fourth-order valence-corrected chi connectivity index (χ4v) is 1.26. The van der Waals surface area contributed by atoms with Crippen LogP contribution in [-0.4, -0.2) is 24.1 Å². The second-order valence-corrected chi connectivity index (χ2v) is 2.87. The fourth-order valence-electron chi connectivity index (χ4n) is 1.26. The Kier molecular flexibility index (Phi) is 2.18. The molecule has 72 valence electrons. The van der Waals surface area contributed by atoms with Crippen molar-refractivity contribution in [3.63, 3.8) is 0 Å². The van der Waals surface area contributed by atoms with E-state index in [4.69, 9.17) is 4.74 Å². The summed E-state index contributed by atoms with van der Waals surface area (Å²) < 4.78 is 5.11. The van der Waals surface area contributed by atoms with Crippen LogP contribution in [0.3, 0.4) is 0 Å². The third-order valence-electron chi connectivity index (χ3n) is 2.01. The zero-order valence-corrected chi connectivity index (χ0v) is 8.11. The van der Waals surface area contributed by atoms with Gasteiger partial charge in [0.15, 0.2) is 0 Å². The molecule has 0 amide bonds. The van der Waals surface area contributed by atoms with Crippen LogP contribution in [0.2, 0.25) is 0 Å². The molecule has 2 aromatic rings. The van der Waals surface area contributed by atoms with Gasteiger partial charge in [-0.1, -0.05) is 0 Å². The lowest BCUT2D eigenvalue weighted by atomic mass is 10.2. The molecule has 0 aliphatic rings. The molecule has 0 radical (unpaired) electrons. The van der Waals surface area contributed by atoms with Crippen molar-refractivity contribution >= 4 is 16.9 Å². The Hall–Kier alpha value is -1.84. The molecular weight excluding hydrogens is 178 g/mol. The number of anilines is 1. The van der Waals surface area contributed by atoms with Crippen molar-refractivity contribution in [2.45, 2.75) is 0 Å². The van der Waals surface area contributed by atoms with Gasteiger partial charge < -0.3 is 10.1 Å². The lowest BCUT2D eigenvalue weighted by Crippen LogP contribution is -1.95. The van der Waals surface area contributed by atoms with Crippen molar-refractivity contribution in [3.8, 4) is 5.75 Å². The Balaban J connectivity index is 2.57. The molecule has 0 saturated carbocycles. The van der Waals surface area contributed by atoms with Crippen LogP contribution in [0.1, 0.15) is 0 Å². The van der Waals surface area contributed by atoms with Gasteiger partial charge in [0.2, 0.25) is 5.95 Å². The lowest BCUT2D eigenvalue weighted by Gasteiger charge is -2.03. The number of rotatable bonds is 2. The van der Waals surface area contributed by atoms with E-state index in [-0.39, 0.29) is 0 Å². The summed E-state index contributed by atoms with van der Waals surface area (Å²) in [7, 11) is 3.44. The standard InChI is InChI=1S/C10H11N3O/c1-11-10-12-6-7-5-8(14-2)3-4-9(7)13-10/h3-6H,1-2H3,(H,11,12,13). The molecule has 2 rings (SSSR count). The number of hydrogen-bond donors (Lipinski definition) is 1. The van der Waals surface area contributed by atoms with Gasteiger partial charge in [0.05, 0.1) is 12.6 Å². The summed E-state index contributed by atoms with van der Waals surface area (Å²) in [5, 5.41) is 3.87. The van der Waals surface area contributed by atoms with Gasteiger partial charge in [0, 0.05) is 18.6 Å². The van der Waals surface area contributed by atoms with E-state index >= 15 is 0 Å². The van der Waals surface area contributed by atoms with Crippen LogP contribution in [-0.2, 0) is 0 Å². The van der Waals surface area contributed by atoms with Crippen molar-refractivity contribution in [2.24, 2.45) is 0 Å².